The zero-order valence-electron chi connectivity index (χ0n) is 28.7. The molecule has 0 radical (unpaired) electrons. The predicted molar refractivity (Wildman–Crippen MR) is 186 cm³/mol. The van der Waals surface area contributed by atoms with Crippen molar-refractivity contribution in [2.45, 2.75) is 90.9 Å². The monoisotopic (exact) mass is 676 g/mol. The summed E-state index contributed by atoms with van der Waals surface area (Å²) in [6, 6.07) is 4.12. The van der Waals surface area contributed by atoms with Crippen molar-refractivity contribution in [1.82, 2.24) is 23.8 Å². The zero-order chi connectivity index (χ0) is 33.9. The maximum Gasteiger partial charge on any atom is 0.337 e. The Bertz CT molecular complexity index is 1870. The first kappa shape index (κ1) is 32.9. The largest absolute Gasteiger partial charge is 0.490 e. The van der Waals surface area contributed by atoms with Crippen molar-refractivity contribution in [3.05, 3.63) is 40.3 Å². The molecule has 7 rings (SSSR count). The number of aromatic nitrogens is 4. The summed E-state index contributed by atoms with van der Waals surface area (Å²) in [6.45, 7) is 14.0. The van der Waals surface area contributed by atoms with Crippen molar-refractivity contribution >= 4 is 34.5 Å². The van der Waals surface area contributed by atoms with Crippen molar-refractivity contribution in [1.29, 1.82) is 0 Å². The van der Waals surface area contributed by atoms with Crippen LogP contribution in [0.1, 0.15) is 81.4 Å². The number of nitrogens with zero attached hydrogens (tertiary/aromatic N) is 6. The smallest absolute Gasteiger partial charge is 0.337 e. The molecule has 12 heteroatoms. The summed E-state index contributed by atoms with van der Waals surface area (Å²) < 4.78 is 34.5. The summed E-state index contributed by atoms with van der Waals surface area (Å²) in [6.07, 6.45) is 4.96. The lowest BCUT2D eigenvalue weighted by Gasteiger charge is -2.36. The Morgan fingerprint density at radius 2 is 1.83 bits per heavy atom. The number of carbonyl (C=O) groups is 1. The van der Waals surface area contributed by atoms with Crippen LogP contribution in [0.2, 0.25) is 0 Å². The number of piperidine rings is 1. The lowest BCUT2D eigenvalue weighted by atomic mass is 9.86. The van der Waals surface area contributed by atoms with E-state index >= 15 is 4.39 Å². The van der Waals surface area contributed by atoms with Crippen LogP contribution >= 0.6 is 11.5 Å². The Kier molecular flexibility index (Phi) is 8.70. The molecule has 1 atom stereocenters. The molecule has 0 bridgehead atoms. The van der Waals surface area contributed by atoms with Crippen molar-refractivity contribution in [2.75, 3.05) is 37.7 Å². The van der Waals surface area contributed by atoms with E-state index in [2.05, 4.69) is 9.80 Å². The van der Waals surface area contributed by atoms with Gasteiger partial charge < -0.3 is 28.9 Å². The molecular weight excluding hydrogens is 631 g/mol. The van der Waals surface area contributed by atoms with Gasteiger partial charge in [0.05, 0.1) is 17.9 Å². The van der Waals surface area contributed by atoms with Gasteiger partial charge in [-0.2, -0.15) is 9.36 Å². The first-order valence-corrected chi connectivity index (χ1v) is 17.9. The van der Waals surface area contributed by atoms with Gasteiger partial charge in [0.15, 0.2) is 22.7 Å². The normalized spacial score (nSPS) is 18.4. The second kappa shape index (κ2) is 12.7. The van der Waals surface area contributed by atoms with E-state index in [0.29, 0.717) is 52.5 Å². The van der Waals surface area contributed by atoms with Crippen molar-refractivity contribution in [3.8, 4) is 27.6 Å². The maximum absolute atomic E-state index is 15.8. The predicted octanol–water partition coefficient (Wildman–Crippen LogP) is 6.85. The fourth-order valence-electron chi connectivity index (χ4n) is 7.76. The first-order chi connectivity index (χ1) is 22.9. The van der Waals surface area contributed by atoms with E-state index in [9.17, 15) is 9.90 Å². The minimum absolute atomic E-state index is 0.284. The Morgan fingerprint density at radius 1 is 1.10 bits per heavy atom. The highest BCUT2D eigenvalue weighted by Gasteiger charge is 2.35. The Hall–Kier alpha value is -3.61. The molecule has 48 heavy (non-hydrogen) atoms. The van der Waals surface area contributed by atoms with Crippen molar-refractivity contribution in [3.63, 3.8) is 0 Å². The number of aliphatic carboxylic acids is 1. The topological polar surface area (TPSA) is 106 Å². The van der Waals surface area contributed by atoms with Crippen LogP contribution in [-0.4, -0.2) is 79.3 Å². The summed E-state index contributed by atoms with van der Waals surface area (Å²) in [5, 5.41) is 12.0. The van der Waals surface area contributed by atoms with Gasteiger partial charge in [-0.25, -0.2) is 14.2 Å². The average Bonchev–Trinajstić information content (AvgIpc) is 3.83. The van der Waals surface area contributed by atoms with E-state index in [0.717, 1.165) is 60.1 Å². The molecule has 3 aromatic heterocycles. The minimum atomic E-state index is -1.33. The van der Waals surface area contributed by atoms with Gasteiger partial charge in [0.2, 0.25) is 5.95 Å². The fourth-order valence-corrected chi connectivity index (χ4v) is 8.50. The number of aryl methyl sites for hydroxylation is 2. The first-order valence-electron chi connectivity index (χ1n) is 17.1. The van der Waals surface area contributed by atoms with E-state index in [1.165, 1.54) is 43.5 Å². The maximum atomic E-state index is 15.8. The van der Waals surface area contributed by atoms with Crippen LogP contribution in [0.3, 0.4) is 0 Å². The number of halogens is 1. The van der Waals surface area contributed by atoms with Gasteiger partial charge in [0, 0.05) is 53.9 Å². The fraction of sp³-hybridized carbons (Fsp3) is 0.556. The highest BCUT2D eigenvalue weighted by atomic mass is 32.1. The van der Waals surface area contributed by atoms with E-state index < -0.39 is 23.5 Å². The molecule has 2 saturated heterocycles. The molecule has 3 aliphatic heterocycles. The molecule has 0 unspecified atom stereocenters. The second-order valence-electron chi connectivity index (χ2n) is 14.4. The molecule has 1 N–H and O–H groups in total. The number of rotatable bonds is 7. The van der Waals surface area contributed by atoms with E-state index in [-0.39, 0.29) is 5.75 Å². The standard InChI is InChI=1S/C36H45FN6O4S/c1-20-23-10-9-17-46-30(23)26(37)18-24(20)29-25-19-27(41(6)32(25)38-21(2)28(29)31(34(44)45)47-36(3,4)5)33-39-35(40-48-33)43-15-11-22(12-16-43)42-13-7-8-14-42/h18-19,22,31H,7-17H2,1-6H3,(H,44,45)/t31-/m0/s1. The lowest BCUT2D eigenvalue weighted by molar-refractivity contribution is -0.160. The van der Waals surface area contributed by atoms with Crippen molar-refractivity contribution < 1.29 is 23.8 Å². The number of benzene rings is 1. The van der Waals surface area contributed by atoms with Crippen LogP contribution in [-0.2, 0) is 23.0 Å². The van der Waals surface area contributed by atoms with Crippen LogP contribution in [0.5, 0.6) is 5.75 Å². The SMILES string of the molecule is Cc1nc2c(cc(-c3nc(N4CCC(N5CCCC5)CC4)ns3)n2C)c(-c2cc(F)c3c(c2C)CCCO3)c1[C@H](OC(C)(C)C)C(=O)O. The highest BCUT2D eigenvalue weighted by molar-refractivity contribution is 7.09. The number of fused-ring (bicyclic) bond motifs is 2. The molecule has 2 fully saturated rings. The molecule has 0 spiro atoms. The van der Waals surface area contributed by atoms with Crippen LogP contribution in [0, 0.1) is 19.7 Å². The van der Waals surface area contributed by atoms with Crippen molar-refractivity contribution in [2.24, 2.45) is 7.05 Å². The van der Waals surface area contributed by atoms with Crippen LogP contribution in [0.25, 0.3) is 32.9 Å². The van der Waals surface area contributed by atoms with Crippen LogP contribution < -0.4 is 9.64 Å². The Balaban J connectivity index is 1.35. The van der Waals surface area contributed by atoms with Gasteiger partial charge in [-0.1, -0.05) is 0 Å². The Morgan fingerprint density at radius 3 is 2.52 bits per heavy atom. The number of anilines is 1. The van der Waals surface area contributed by atoms with Gasteiger partial charge in [0.25, 0.3) is 0 Å². The van der Waals surface area contributed by atoms with Gasteiger partial charge in [-0.15, -0.1) is 0 Å². The molecule has 1 aromatic carbocycles. The number of hydrogen-bond acceptors (Lipinski definition) is 9. The Labute approximate surface area is 285 Å². The summed E-state index contributed by atoms with van der Waals surface area (Å²) >= 11 is 1.35. The van der Waals surface area contributed by atoms with Gasteiger partial charge in [0.1, 0.15) is 5.65 Å². The van der Waals surface area contributed by atoms with Gasteiger partial charge >= 0.3 is 5.97 Å². The van der Waals surface area contributed by atoms with E-state index in [1.54, 1.807) is 6.92 Å². The van der Waals surface area contributed by atoms with E-state index in [1.807, 2.05) is 45.4 Å². The molecular formula is C36H45FN6O4S. The molecule has 3 aliphatic rings. The number of hydrogen-bond donors (Lipinski definition) is 1. The minimum Gasteiger partial charge on any atom is -0.490 e. The molecule has 256 valence electrons. The number of likely N-dealkylation sites (tertiary alicyclic amines) is 1. The number of carboxylic acid groups (broad SMARTS) is 1. The highest BCUT2D eigenvalue weighted by Crippen LogP contribution is 2.46. The zero-order valence-corrected chi connectivity index (χ0v) is 29.5. The molecule has 0 amide bonds. The van der Waals surface area contributed by atoms with Crippen LogP contribution in [0.15, 0.2) is 12.1 Å². The number of carboxylic acids is 1. The quantitative estimate of drug-likeness (QED) is 0.225. The third kappa shape index (κ3) is 5.96. The number of ether oxygens (including phenoxy) is 2. The summed E-state index contributed by atoms with van der Waals surface area (Å²) in [5.41, 5.74) is 4.52. The average molecular weight is 677 g/mol. The van der Waals surface area contributed by atoms with Gasteiger partial charge in [-0.3, -0.25) is 0 Å². The third-order valence-corrected chi connectivity index (χ3v) is 10.8. The molecule has 10 nitrogen and oxygen atoms in total. The van der Waals surface area contributed by atoms with Crippen LogP contribution in [0.4, 0.5) is 10.3 Å². The number of pyridine rings is 1. The molecule has 4 aromatic rings. The summed E-state index contributed by atoms with van der Waals surface area (Å²) in [7, 11) is 1.94. The molecule has 0 saturated carbocycles. The van der Waals surface area contributed by atoms with E-state index in [4.69, 9.17) is 23.8 Å². The molecule has 0 aliphatic carbocycles. The van der Waals surface area contributed by atoms with Gasteiger partial charge in [-0.05, 0) is 121 Å². The third-order valence-electron chi connectivity index (χ3n) is 10.1. The second-order valence-corrected chi connectivity index (χ2v) is 15.2. The summed E-state index contributed by atoms with van der Waals surface area (Å²) in [4.78, 5) is 27.8. The lowest BCUT2D eigenvalue weighted by Crippen LogP contribution is -2.44. The summed E-state index contributed by atoms with van der Waals surface area (Å²) in [5.74, 6) is -0.567. The molecule has 6 heterocycles.